The van der Waals surface area contributed by atoms with Crippen LogP contribution in [0, 0.1) is 5.41 Å². The third-order valence-corrected chi connectivity index (χ3v) is 7.71. The highest BCUT2D eigenvalue weighted by Crippen LogP contribution is 2.49. The highest BCUT2D eigenvalue weighted by Gasteiger charge is 2.51. The summed E-state index contributed by atoms with van der Waals surface area (Å²) in [7, 11) is 4.36. The van der Waals surface area contributed by atoms with Crippen molar-refractivity contribution < 1.29 is 5.11 Å². The number of fused-ring (bicyclic) bond motifs is 1. The maximum atomic E-state index is 10.4. The Balaban J connectivity index is 1.52. The molecule has 2 aromatic rings. The average molecular weight is 399 g/mol. The molecule has 2 aliphatic carbocycles. The van der Waals surface area contributed by atoms with Crippen molar-refractivity contribution in [3.63, 3.8) is 0 Å². The molecule has 5 rings (SSSR count). The van der Waals surface area contributed by atoms with Crippen molar-refractivity contribution in [1.82, 2.24) is 24.4 Å². The Hall–Kier alpha value is -1.73. The number of aromatic nitrogens is 4. The molecular weight excluding hydrogens is 364 g/mol. The van der Waals surface area contributed by atoms with Crippen LogP contribution < -0.4 is 4.90 Å². The molecule has 2 aromatic heterocycles. The van der Waals surface area contributed by atoms with E-state index in [9.17, 15) is 5.11 Å². The molecule has 158 valence electrons. The summed E-state index contributed by atoms with van der Waals surface area (Å²) in [6.07, 6.45) is 11.0. The predicted octanol–water partition coefficient (Wildman–Crippen LogP) is 3.00. The highest BCUT2D eigenvalue weighted by atomic mass is 16.3. The maximum Gasteiger partial charge on any atom is 0.165 e. The largest absolute Gasteiger partial charge is 0.393 e. The Morgan fingerprint density at radius 3 is 2.55 bits per heavy atom. The van der Waals surface area contributed by atoms with Crippen LogP contribution in [0.15, 0.2) is 12.7 Å². The fraction of sp³-hybridized carbons (Fsp3) is 0.773. The third kappa shape index (κ3) is 3.13. The van der Waals surface area contributed by atoms with Gasteiger partial charge in [-0.3, -0.25) is 0 Å². The van der Waals surface area contributed by atoms with E-state index < -0.39 is 0 Å². The van der Waals surface area contributed by atoms with Gasteiger partial charge in [-0.15, -0.1) is 0 Å². The quantitative estimate of drug-likeness (QED) is 0.857. The average Bonchev–Trinajstić information content (AvgIpc) is 3.21. The molecule has 1 saturated heterocycles. The molecule has 1 N–H and O–H groups in total. The van der Waals surface area contributed by atoms with Gasteiger partial charge in [0, 0.05) is 24.2 Å². The molecule has 0 aromatic carbocycles. The van der Waals surface area contributed by atoms with E-state index in [1.54, 1.807) is 6.33 Å². The van der Waals surface area contributed by atoms with Gasteiger partial charge in [-0.05, 0) is 64.5 Å². The van der Waals surface area contributed by atoms with E-state index in [1.807, 2.05) is 6.33 Å². The second-order valence-electron chi connectivity index (χ2n) is 10.6. The van der Waals surface area contributed by atoms with Crippen molar-refractivity contribution in [1.29, 1.82) is 0 Å². The van der Waals surface area contributed by atoms with Gasteiger partial charge in [0.1, 0.15) is 6.33 Å². The first-order chi connectivity index (χ1) is 13.8. The van der Waals surface area contributed by atoms with Gasteiger partial charge in [-0.2, -0.15) is 0 Å². The van der Waals surface area contributed by atoms with Gasteiger partial charge >= 0.3 is 0 Å². The molecule has 1 aliphatic heterocycles. The number of hydrogen-bond acceptors (Lipinski definition) is 6. The van der Waals surface area contributed by atoms with Crippen LogP contribution in [0.2, 0.25) is 0 Å². The predicted molar refractivity (Wildman–Crippen MR) is 114 cm³/mol. The van der Waals surface area contributed by atoms with Crippen LogP contribution >= 0.6 is 0 Å². The lowest BCUT2D eigenvalue weighted by Crippen LogP contribution is -2.50. The molecule has 3 fully saturated rings. The van der Waals surface area contributed by atoms with E-state index in [-0.39, 0.29) is 23.1 Å². The van der Waals surface area contributed by atoms with Gasteiger partial charge in [0.2, 0.25) is 0 Å². The van der Waals surface area contributed by atoms with Crippen LogP contribution in [-0.4, -0.2) is 67.9 Å². The smallest absolute Gasteiger partial charge is 0.165 e. The van der Waals surface area contributed by atoms with Crippen molar-refractivity contribution in [2.45, 2.75) is 82.5 Å². The second kappa shape index (κ2) is 6.64. The van der Waals surface area contributed by atoms with Crippen molar-refractivity contribution >= 4 is 17.0 Å². The van der Waals surface area contributed by atoms with E-state index in [0.29, 0.717) is 6.04 Å². The van der Waals surface area contributed by atoms with Crippen LogP contribution in [-0.2, 0) is 0 Å². The number of imidazole rings is 1. The molecule has 29 heavy (non-hydrogen) atoms. The molecule has 0 radical (unpaired) electrons. The zero-order chi connectivity index (χ0) is 20.4. The van der Waals surface area contributed by atoms with Crippen molar-refractivity contribution in [3.05, 3.63) is 12.7 Å². The topological polar surface area (TPSA) is 70.3 Å². The van der Waals surface area contributed by atoms with Crippen LogP contribution in [0.3, 0.4) is 0 Å². The van der Waals surface area contributed by atoms with Crippen molar-refractivity contribution in [2.75, 3.05) is 25.5 Å². The van der Waals surface area contributed by atoms with Crippen molar-refractivity contribution in [3.8, 4) is 0 Å². The molecule has 7 heteroatoms. The van der Waals surface area contributed by atoms with Gasteiger partial charge in [0.15, 0.2) is 17.0 Å². The molecule has 3 atom stereocenters. The second-order valence-corrected chi connectivity index (χ2v) is 10.6. The van der Waals surface area contributed by atoms with E-state index in [1.165, 1.54) is 25.7 Å². The third-order valence-electron chi connectivity index (χ3n) is 7.71. The summed E-state index contributed by atoms with van der Waals surface area (Å²) in [5.41, 5.74) is 2.19. The van der Waals surface area contributed by atoms with Crippen molar-refractivity contribution in [2.24, 2.45) is 5.41 Å². The molecular formula is C22H34N6O. The van der Waals surface area contributed by atoms with Crippen LogP contribution in [0.5, 0.6) is 0 Å². The minimum Gasteiger partial charge on any atom is -0.393 e. The van der Waals surface area contributed by atoms with Gasteiger partial charge < -0.3 is 19.5 Å². The Morgan fingerprint density at radius 2 is 1.90 bits per heavy atom. The Morgan fingerprint density at radius 1 is 1.10 bits per heavy atom. The Bertz CT molecular complexity index is 902. The number of likely N-dealkylation sites (N-methyl/N-ethyl adjacent to an activating group) is 1. The minimum atomic E-state index is -0.264. The first-order valence-electron chi connectivity index (χ1n) is 11.1. The lowest BCUT2D eigenvalue weighted by Gasteiger charge is -2.46. The fourth-order valence-corrected chi connectivity index (χ4v) is 6.09. The fourth-order valence-electron chi connectivity index (χ4n) is 6.09. The number of hydrogen-bond donors (Lipinski definition) is 1. The monoisotopic (exact) mass is 398 g/mol. The van der Waals surface area contributed by atoms with Crippen LogP contribution in [0.25, 0.3) is 11.2 Å². The molecule has 3 heterocycles. The van der Waals surface area contributed by atoms with Gasteiger partial charge in [0.05, 0.1) is 12.4 Å². The normalized spacial score (nSPS) is 31.0. The first-order valence-corrected chi connectivity index (χ1v) is 11.1. The van der Waals surface area contributed by atoms with Crippen LogP contribution in [0.4, 0.5) is 5.82 Å². The summed E-state index contributed by atoms with van der Waals surface area (Å²) in [4.78, 5) is 19.1. The van der Waals surface area contributed by atoms with Gasteiger partial charge in [-0.25, -0.2) is 15.0 Å². The molecule has 7 nitrogen and oxygen atoms in total. The molecule has 1 spiro atoms. The number of nitrogens with zero attached hydrogens (tertiary/aromatic N) is 6. The molecule has 1 unspecified atom stereocenters. The minimum absolute atomic E-state index is 0.124. The van der Waals surface area contributed by atoms with Gasteiger partial charge in [-0.1, -0.05) is 13.8 Å². The lowest BCUT2D eigenvalue weighted by molar-refractivity contribution is 0.0387. The molecule has 0 amide bonds. The summed E-state index contributed by atoms with van der Waals surface area (Å²) >= 11 is 0. The summed E-state index contributed by atoms with van der Waals surface area (Å²) in [6.45, 7) is 5.49. The summed E-state index contributed by atoms with van der Waals surface area (Å²) in [6, 6.07) is 0.781. The molecule has 3 aliphatic rings. The SMILES string of the molecule is CN(C)C1CN(c2ncnc3c2ncn3[C@@H]2C[C@H](O)CC(C)(C)C2)C2(CCC2)C1. The molecule has 2 saturated carbocycles. The first kappa shape index (κ1) is 19.2. The van der Waals surface area contributed by atoms with E-state index in [0.717, 1.165) is 42.8 Å². The highest BCUT2D eigenvalue weighted by molar-refractivity contribution is 5.84. The van der Waals surface area contributed by atoms with Gasteiger partial charge in [0.25, 0.3) is 0 Å². The lowest BCUT2D eigenvalue weighted by atomic mass is 9.73. The van der Waals surface area contributed by atoms with Crippen LogP contribution in [0.1, 0.15) is 64.8 Å². The Kier molecular flexibility index (Phi) is 4.41. The van der Waals surface area contributed by atoms with E-state index >= 15 is 0 Å². The standard InChI is InChI=1S/C22H34N6O/c1-21(2)9-15(8-17(29)11-21)27-14-25-18-19(27)23-13-24-20(18)28-12-16(26(3)4)10-22(28)6-5-7-22/h13-17,29H,5-12H2,1-4H3/t15-,16?,17+/m1/s1. The Labute approximate surface area is 173 Å². The van der Waals surface area contributed by atoms with E-state index in [2.05, 4.69) is 47.3 Å². The summed E-state index contributed by atoms with van der Waals surface area (Å²) in [5, 5.41) is 10.4. The molecule has 0 bridgehead atoms. The van der Waals surface area contributed by atoms with E-state index in [4.69, 9.17) is 9.97 Å². The number of aliphatic hydroxyl groups excluding tert-OH is 1. The number of aliphatic hydroxyl groups is 1. The zero-order valence-electron chi connectivity index (χ0n) is 18.2. The number of rotatable bonds is 3. The summed E-state index contributed by atoms with van der Waals surface area (Å²) < 4.78 is 2.19. The summed E-state index contributed by atoms with van der Waals surface area (Å²) in [5.74, 6) is 0.994. The maximum absolute atomic E-state index is 10.4. The number of anilines is 1. The zero-order valence-corrected chi connectivity index (χ0v) is 18.2.